The molecule has 0 aromatic heterocycles. The highest BCUT2D eigenvalue weighted by Gasteiger charge is 2.51. The third-order valence-electron chi connectivity index (χ3n) is 6.62. The molecule has 0 saturated carbocycles. The lowest BCUT2D eigenvalue weighted by molar-refractivity contribution is -0.185. The number of alkyl halides is 2. The predicted octanol–water partition coefficient (Wildman–Crippen LogP) is 4.39. The van der Waals surface area contributed by atoms with E-state index in [-0.39, 0.29) is 17.6 Å². The molecule has 1 aromatic rings. The Labute approximate surface area is 202 Å². The van der Waals surface area contributed by atoms with Crippen molar-refractivity contribution in [2.24, 2.45) is 5.92 Å². The molecule has 32 heavy (non-hydrogen) atoms. The molecule has 180 valence electrons. The topological polar surface area (TPSA) is 70.1 Å². The van der Waals surface area contributed by atoms with Crippen molar-refractivity contribution in [3.05, 3.63) is 35.9 Å². The number of carbonyl (C=O) groups excluding carboxylic acids is 2. The number of hydrogen-bond acceptors (Lipinski definition) is 4. The number of aliphatic hydroxyl groups is 1. The summed E-state index contributed by atoms with van der Waals surface area (Å²) in [5, 5.41) is 10.8. The van der Waals surface area contributed by atoms with Crippen LogP contribution in [0.3, 0.4) is 0 Å². The second-order valence-corrected chi connectivity index (χ2v) is 16.2. The first-order valence-electron chi connectivity index (χ1n) is 11.0. The van der Waals surface area contributed by atoms with Crippen LogP contribution in [0.1, 0.15) is 40.2 Å². The van der Waals surface area contributed by atoms with Crippen LogP contribution in [-0.4, -0.2) is 64.8 Å². The zero-order valence-electron chi connectivity index (χ0n) is 20.0. The van der Waals surface area contributed by atoms with Crippen molar-refractivity contribution in [2.75, 3.05) is 6.61 Å². The van der Waals surface area contributed by atoms with E-state index in [0.29, 0.717) is 6.54 Å². The van der Waals surface area contributed by atoms with Crippen molar-refractivity contribution < 1.29 is 19.1 Å². The number of hydrogen-bond donors (Lipinski definition) is 1. The monoisotopic (exact) mass is 502 g/mol. The first-order valence-corrected chi connectivity index (χ1v) is 14.7. The third-order valence-corrected chi connectivity index (χ3v) is 11.5. The molecule has 1 saturated heterocycles. The van der Waals surface area contributed by atoms with E-state index in [2.05, 4.69) is 33.9 Å². The highest BCUT2D eigenvalue weighted by molar-refractivity contribution is 6.74. The summed E-state index contributed by atoms with van der Waals surface area (Å²) in [6, 6.07) is 8.61. The van der Waals surface area contributed by atoms with Crippen LogP contribution < -0.4 is 0 Å². The normalized spacial score (nSPS) is 22.8. The van der Waals surface area contributed by atoms with E-state index in [0.717, 1.165) is 10.5 Å². The summed E-state index contributed by atoms with van der Waals surface area (Å²) >= 11 is 11.8. The lowest BCUT2D eigenvalue weighted by Crippen LogP contribution is -2.71. The molecule has 9 heteroatoms. The second-order valence-electron chi connectivity index (χ2n) is 10.2. The average molecular weight is 504 g/mol. The molecule has 3 atom stereocenters. The molecule has 0 radical (unpaired) electrons. The van der Waals surface area contributed by atoms with Crippen molar-refractivity contribution in [3.8, 4) is 0 Å². The quantitative estimate of drug-likeness (QED) is 0.443. The number of rotatable bonds is 7. The van der Waals surface area contributed by atoms with Gasteiger partial charge in [0.05, 0.1) is 18.7 Å². The number of halogens is 2. The number of carbonyl (C=O) groups is 2. The Bertz CT molecular complexity index is 799. The first kappa shape index (κ1) is 27.1. The van der Waals surface area contributed by atoms with Crippen LogP contribution in [0.25, 0.3) is 0 Å². The fraction of sp³-hybridized carbons (Fsp3) is 0.652. The van der Waals surface area contributed by atoms with Gasteiger partial charge in [0.2, 0.25) is 6.23 Å². The molecule has 6 nitrogen and oxygen atoms in total. The minimum atomic E-state index is -2.14. The highest BCUT2D eigenvalue weighted by Crippen LogP contribution is 2.38. The number of aliphatic hydroxyl groups excluding tert-OH is 1. The second kappa shape index (κ2) is 10.4. The van der Waals surface area contributed by atoms with Gasteiger partial charge < -0.3 is 19.3 Å². The molecule has 1 aromatic carbocycles. The Kier molecular flexibility index (Phi) is 8.84. The Balaban J connectivity index is 2.50. The zero-order valence-corrected chi connectivity index (χ0v) is 22.5. The summed E-state index contributed by atoms with van der Waals surface area (Å²) in [6.07, 6.45) is -1.65. The van der Waals surface area contributed by atoms with Crippen molar-refractivity contribution in [3.63, 3.8) is 0 Å². The number of piperazine rings is 1. The van der Waals surface area contributed by atoms with Gasteiger partial charge >= 0.3 is 0 Å². The molecule has 0 aliphatic carbocycles. The third kappa shape index (κ3) is 5.86. The Hall–Kier alpha value is -1.12. The van der Waals surface area contributed by atoms with Crippen molar-refractivity contribution in [2.45, 2.75) is 82.4 Å². The van der Waals surface area contributed by atoms with E-state index in [9.17, 15) is 14.7 Å². The van der Waals surface area contributed by atoms with E-state index in [1.807, 2.05) is 44.2 Å². The van der Waals surface area contributed by atoms with E-state index < -0.39 is 43.3 Å². The smallest absolute Gasteiger partial charge is 0.273 e. The van der Waals surface area contributed by atoms with Gasteiger partial charge in [0, 0.05) is 6.54 Å². The molecule has 2 amide bonds. The van der Waals surface area contributed by atoms with E-state index in [4.69, 9.17) is 27.6 Å². The fourth-order valence-corrected chi connectivity index (χ4v) is 5.03. The molecular formula is C23H36Cl2N2O4Si. The molecule has 1 aliphatic rings. The van der Waals surface area contributed by atoms with Crippen LogP contribution in [0.15, 0.2) is 30.3 Å². The van der Waals surface area contributed by atoms with Gasteiger partial charge in [0.1, 0.15) is 0 Å². The molecule has 0 unspecified atom stereocenters. The summed E-state index contributed by atoms with van der Waals surface area (Å²) in [6.45, 7) is 15.2. The van der Waals surface area contributed by atoms with E-state index in [1.165, 1.54) is 0 Å². The maximum atomic E-state index is 13.3. The largest absolute Gasteiger partial charge is 0.415 e. The van der Waals surface area contributed by atoms with Crippen molar-refractivity contribution in [1.82, 2.24) is 9.80 Å². The number of amides is 2. The minimum absolute atomic E-state index is 0.0182. The summed E-state index contributed by atoms with van der Waals surface area (Å²) in [5.41, 5.74) is 0.931. The van der Waals surface area contributed by atoms with Crippen LogP contribution in [0.5, 0.6) is 0 Å². The summed E-state index contributed by atoms with van der Waals surface area (Å²) in [7, 11) is -2.14. The Morgan fingerprint density at radius 3 is 2.22 bits per heavy atom. The van der Waals surface area contributed by atoms with Gasteiger partial charge in [0.15, 0.2) is 13.2 Å². The first-order chi connectivity index (χ1) is 14.7. The SMILES string of the molecule is CC(C)[C@@H]1[C@@H](CO[Si](C)(C)C(C)(C)C)N(Cc2ccccc2)C(=O)[C@H](O)N1C(=O)C(Cl)Cl. The zero-order chi connectivity index (χ0) is 24.4. The maximum absolute atomic E-state index is 13.3. The Morgan fingerprint density at radius 1 is 1.19 bits per heavy atom. The summed E-state index contributed by atoms with van der Waals surface area (Å²) in [4.78, 5) is 27.6. The molecule has 1 fully saturated rings. The van der Waals surface area contributed by atoms with Crippen LogP contribution in [0.4, 0.5) is 0 Å². The fourth-order valence-electron chi connectivity index (χ4n) is 3.78. The van der Waals surface area contributed by atoms with Gasteiger partial charge in [-0.15, -0.1) is 0 Å². The highest BCUT2D eigenvalue weighted by atomic mass is 35.5. The molecule has 1 heterocycles. The molecule has 0 spiro atoms. The number of benzene rings is 1. The number of nitrogens with zero attached hydrogens (tertiary/aromatic N) is 2. The van der Waals surface area contributed by atoms with Crippen LogP contribution in [0.2, 0.25) is 18.1 Å². The van der Waals surface area contributed by atoms with Gasteiger partial charge in [-0.2, -0.15) is 0 Å². The average Bonchev–Trinajstić information content (AvgIpc) is 2.69. The predicted molar refractivity (Wildman–Crippen MR) is 131 cm³/mol. The Morgan fingerprint density at radius 2 is 1.75 bits per heavy atom. The standard InChI is InChI=1S/C23H36Cl2N2O4Si/c1-15(2)18-17(14-31-32(6,7)23(3,4)5)26(13-16-11-9-8-10-12-16)21(29)22(30)27(18)20(28)19(24)25/h8-12,15,17-19,22,30H,13-14H2,1-7H3/t17-,18-,22+/m1/s1. The minimum Gasteiger partial charge on any atom is -0.415 e. The lowest BCUT2D eigenvalue weighted by atomic mass is 9.90. The molecule has 2 rings (SSSR count). The van der Waals surface area contributed by atoms with Gasteiger partial charge in [-0.3, -0.25) is 9.59 Å². The molecular weight excluding hydrogens is 467 g/mol. The van der Waals surface area contributed by atoms with Crippen molar-refractivity contribution >= 4 is 43.3 Å². The van der Waals surface area contributed by atoms with Crippen LogP contribution in [-0.2, 0) is 20.6 Å². The van der Waals surface area contributed by atoms with Gasteiger partial charge in [-0.25, -0.2) is 0 Å². The lowest BCUT2D eigenvalue weighted by Gasteiger charge is -2.52. The van der Waals surface area contributed by atoms with Gasteiger partial charge in [-0.1, -0.05) is 88.2 Å². The van der Waals surface area contributed by atoms with Crippen LogP contribution in [0, 0.1) is 5.92 Å². The maximum Gasteiger partial charge on any atom is 0.273 e. The summed E-state index contributed by atoms with van der Waals surface area (Å²) < 4.78 is 6.51. The molecule has 1 aliphatic heterocycles. The molecule has 0 bridgehead atoms. The van der Waals surface area contributed by atoms with Gasteiger partial charge in [0.25, 0.3) is 11.8 Å². The summed E-state index contributed by atoms with van der Waals surface area (Å²) in [5.74, 6) is -1.32. The van der Waals surface area contributed by atoms with Gasteiger partial charge in [-0.05, 0) is 29.6 Å². The van der Waals surface area contributed by atoms with E-state index in [1.54, 1.807) is 4.90 Å². The molecule has 1 N–H and O–H groups in total. The van der Waals surface area contributed by atoms with E-state index >= 15 is 0 Å². The van der Waals surface area contributed by atoms with Crippen LogP contribution >= 0.6 is 23.2 Å². The van der Waals surface area contributed by atoms with Crippen molar-refractivity contribution in [1.29, 1.82) is 0 Å².